The molecule has 1 atom stereocenters. The van der Waals surface area contributed by atoms with Crippen LogP contribution < -0.4 is 0 Å². The lowest BCUT2D eigenvalue weighted by atomic mass is 9.87. The van der Waals surface area contributed by atoms with Crippen LogP contribution >= 0.6 is 0 Å². The lowest BCUT2D eigenvalue weighted by Gasteiger charge is -2.52. The summed E-state index contributed by atoms with van der Waals surface area (Å²) >= 11 is 0. The molecule has 0 aromatic carbocycles. The minimum Gasteiger partial charge on any atom is -0.466 e. The number of hydrogen-bond donors (Lipinski definition) is 0. The van der Waals surface area contributed by atoms with Crippen molar-refractivity contribution in [2.45, 2.75) is 110 Å². The molecule has 8 heteroatoms. The molecule has 1 saturated carbocycles. The van der Waals surface area contributed by atoms with Crippen LogP contribution in [0.1, 0.15) is 87.0 Å². The summed E-state index contributed by atoms with van der Waals surface area (Å²) in [5, 5.41) is 0. The van der Waals surface area contributed by atoms with Crippen molar-refractivity contribution in [2.75, 3.05) is 45.9 Å². The summed E-state index contributed by atoms with van der Waals surface area (Å²) < 4.78 is 18.2. The normalized spacial score (nSPS) is 27.4. The highest BCUT2D eigenvalue weighted by Gasteiger charge is 2.56. The molecular formula is C27H49N3O5. The Kier molecular flexibility index (Phi) is 9.27. The van der Waals surface area contributed by atoms with Crippen LogP contribution in [0.4, 0.5) is 0 Å². The van der Waals surface area contributed by atoms with Crippen LogP contribution in [0.5, 0.6) is 0 Å². The molecule has 1 unspecified atom stereocenters. The van der Waals surface area contributed by atoms with E-state index in [2.05, 4.69) is 35.5 Å². The maximum absolute atomic E-state index is 14.1. The van der Waals surface area contributed by atoms with Crippen LogP contribution in [-0.2, 0) is 23.8 Å². The molecule has 2 aliphatic heterocycles. The fourth-order valence-corrected chi connectivity index (χ4v) is 5.61. The summed E-state index contributed by atoms with van der Waals surface area (Å²) in [4.78, 5) is 33.2. The Hall–Kier alpha value is -1.22. The Bertz CT molecular complexity index is 709. The van der Waals surface area contributed by atoms with Crippen molar-refractivity contribution < 1.29 is 23.8 Å². The summed E-state index contributed by atoms with van der Waals surface area (Å²) in [6, 6.07) is 0. The van der Waals surface area contributed by atoms with E-state index in [4.69, 9.17) is 14.2 Å². The standard InChI is InChI=1S/C27H49N3O5/c1-8-33-23(31)21-11-13-22(14-12-21)34-27(29-15-9-10-16-29,24(32)35-26(5,6)7)30-19-17-28(18-20-30)25(2,3)4/h21-22H,8-20H2,1-7H3/t21-,22-,27?. The molecule has 0 radical (unpaired) electrons. The Labute approximate surface area is 212 Å². The van der Waals surface area contributed by atoms with E-state index in [0.717, 1.165) is 77.8 Å². The fraction of sp³-hybridized carbons (Fsp3) is 0.926. The summed E-state index contributed by atoms with van der Waals surface area (Å²) in [7, 11) is 0. The van der Waals surface area contributed by atoms with Gasteiger partial charge >= 0.3 is 11.9 Å². The van der Waals surface area contributed by atoms with Gasteiger partial charge in [-0.05, 0) is 87.0 Å². The predicted octanol–water partition coefficient (Wildman–Crippen LogP) is 3.63. The van der Waals surface area contributed by atoms with Gasteiger partial charge < -0.3 is 14.2 Å². The van der Waals surface area contributed by atoms with Crippen LogP contribution in [0, 0.1) is 5.92 Å². The van der Waals surface area contributed by atoms with Gasteiger partial charge in [-0.3, -0.25) is 19.5 Å². The van der Waals surface area contributed by atoms with Crippen molar-refractivity contribution in [3.63, 3.8) is 0 Å². The zero-order valence-electron chi connectivity index (χ0n) is 23.2. The maximum Gasteiger partial charge on any atom is 0.371 e. The van der Waals surface area contributed by atoms with Crippen molar-refractivity contribution in [3.05, 3.63) is 0 Å². The Morgan fingerprint density at radius 2 is 1.29 bits per heavy atom. The van der Waals surface area contributed by atoms with E-state index in [1.807, 2.05) is 27.7 Å². The van der Waals surface area contributed by atoms with Crippen molar-refractivity contribution in [2.24, 2.45) is 5.92 Å². The molecule has 8 nitrogen and oxygen atoms in total. The number of piperazine rings is 1. The smallest absolute Gasteiger partial charge is 0.371 e. The number of hydrogen-bond acceptors (Lipinski definition) is 8. The third kappa shape index (κ3) is 6.96. The average molecular weight is 496 g/mol. The zero-order valence-corrected chi connectivity index (χ0v) is 23.2. The minimum absolute atomic E-state index is 0.0761. The molecule has 2 heterocycles. The third-order valence-corrected chi connectivity index (χ3v) is 7.48. The Morgan fingerprint density at radius 3 is 1.77 bits per heavy atom. The second-order valence-corrected chi connectivity index (χ2v) is 12.3. The van der Waals surface area contributed by atoms with E-state index in [1.165, 1.54) is 0 Å². The van der Waals surface area contributed by atoms with Crippen molar-refractivity contribution >= 4 is 11.9 Å². The highest BCUT2D eigenvalue weighted by molar-refractivity contribution is 5.79. The Balaban J connectivity index is 1.85. The van der Waals surface area contributed by atoms with Gasteiger partial charge in [0.25, 0.3) is 5.85 Å². The molecule has 0 amide bonds. The number of nitrogens with zero attached hydrogens (tertiary/aromatic N) is 3. The highest BCUT2D eigenvalue weighted by Crippen LogP contribution is 2.37. The monoisotopic (exact) mass is 495 g/mol. The lowest BCUT2D eigenvalue weighted by Crippen LogP contribution is -2.72. The Morgan fingerprint density at radius 1 is 0.771 bits per heavy atom. The molecule has 0 N–H and O–H groups in total. The fourth-order valence-electron chi connectivity index (χ4n) is 5.61. The number of carbonyl (C=O) groups is 2. The molecule has 1 aliphatic carbocycles. The minimum atomic E-state index is -1.23. The van der Waals surface area contributed by atoms with Gasteiger partial charge in [0.2, 0.25) is 0 Å². The topological polar surface area (TPSA) is 71.5 Å². The van der Waals surface area contributed by atoms with E-state index in [9.17, 15) is 9.59 Å². The number of ether oxygens (including phenoxy) is 3. The second kappa shape index (κ2) is 11.4. The summed E-state index contributed by atoms with van der Waals surface area (Å²) in [6.45, 7) is 19.6. The van der Waals surface area contributed by atoms with E-state index in [0.29, 0.717) is 6.61 Å². The molecule has 35 heavy (non-hydrogen) atoms. The first kappa shape index (κ1) is 28.4. The SMILES string of the molecule is CCOC(=O)[C@H]1CC[C@H](OC(C(=O)OC(C)(C)C)(N2CCCC2)N2CCN(C(C)(C)C)CC2)CC1. The van der Waals surface area contributed by atoms with Gasteiger partial charge in [0.15, 0.2) is 0 Å². The molecule has 3 aliphatic rings. The number of likely N-dealkylation sites (tertiary alicyclic amines) is 1. The van der Waals surface area contributed by atoms with Crippen LogP contribution in [0.3, 0.4) is 0 Å². The quantitative estimate of drug-likeness (QED) is 0.496. The van der Waals surface area contributed by atoms with Crippen LogP contribution in [-0.4, -0.2) is 95.6 Å². The second-order valence-electron chi connectivity index (χ2n) is 12.3. The lowest BCUT2D eigenvalue weighted by molar-refractivity contribution is -0.282. The maximum atomic E-state index is 14.1. The number of esters is 2. The highest BCUT2D eigenvalue weighted by atomic mass is 16.6. The van der Waals surface area contributed by atoms with Gasteiger partial charge in [0.1, 0.15) is 5.60 Å². The van der Waals surface area contributed by atoms with E-state index in [-0.39, 0.29) is 29.5 Å². The molecule has 202 valence electrons. The predicted molar refractivity (Wildman–Crippen MR) is 136 cm³/mol. The molecule has 3 rings (SSSR count). The van der Waals surface area contributed by atoms with Crippen molar-refractivity contribution in [3.8, 4) is 0 Å². The summed E-state index contributed by atoms with van der Waals surface area (Å²) in [6.07, 6.45) is 4.93. The van der Waals surface area contributed by atoms with Gasteiger partial charge in [-0.25, -0.2) is 4.79 Å². The summed E-state index contributed by atoms with van der Waals surface area (Å²) in [5.74, 6) is -1.71. The molecule has 3 fully saturated rings. The first-order valence-electron chi connectivity index (χ1n) is 13.7. The van der Waals surface area contributed by atoms with Crippen LogP contribution in [0.15, 0.2) is 0 Å². The summed E-state index contributed by atoms with van der Waals surface area (Å²) in [5.41, 5.74) is -0.527. The van der Waals surface area contributed by atoms with Gasteiger partial charge in [-0.2, -0.15) is 0 Å². The molecule has 0 aromatic heterocycles. The van der Waals surface area contributed by atoms with Gasteiger partial charge in [0.05, 0.1) is 18.6 Å². The van der Waals surface area contributed by atoms with Gasteiger partial charge in [-0.15, -0.1) is 0 Å². The number of rotatable bonds is 7. The van der Waals surface area contributed by atoms with Crippen LogP contribution in [0.25, 0.3) is 0 Å². The average Bonchev–Trinajstić information content (AvgIpc) is 3.31. The zero-order chi connectivity index (χ0) is 25.9. The molecule has 2 saturated heterocycles. The van der Waals surface area contributed by atoms with Crippen molar-refractivity contribution in [1.82, 2.24) is 14.7 Å². The van der Waals surface area contributed by atoms with Crippen LogP contribution in [0.2, 0.25) is 0 Å². The molecule has 0 aromatic rings. The third-order valence-electron chi connectivity index (χ3n) is 7.48. The van der Waals surface area contributed by atoms with E-state index in [1.54, 1.807) is 0 Å². The van der Waals surface area contributed by atoms with E-state index < -0.39 is 11.4 Å². The first-order valence-corrected chi connectivity index (χ1v) is 13.7. The molecular weight excluding hydrogens is 446 g/mol. The largest absolute Gasteiger partial charge is 0.466 e. The molecule has 0 bridgehead atoms. The van der Waals surface area contributed by atoms with Crippen molar-refractivity contribution in [1.29, 1.82) is 0 Å². The first-order chi connectivity index (χ1) is 16.4. The number of carbonyl (C=O) groups excluding carboxylic acids is 2. The van der Waals surface area contributed by atoms with Gasteiger partial charge in [0, 0.05) is 44.8 Å². The van der Waals surface area contributed by atoms with Gasteiger partial charge in [-0.1, -0.05) is 0 Å². The van der Waals surface area contributed by atoms with E-state index >= 15 is 0 Å². The molecule has 0 spiro atoms.